The Balaban J connectivity index is 1.38. The van der Waals surface area contributed by atoms with Crippen molar-refractivity contribution >= 4 is 11.6 Å². The number of oxazole rings is 1. The standard InChI is InChI=1S/C18H15FN6O3/c19-14-1-2-15-12(3-4-26-15)13(14)6-21-18-22-7-16(17-24-23-9-25(17)18)27-8-11-5-20-10-28-11/h1-2,5,7,9-10H,3-4,6,8H2,(H,21,22). The number of ether oxygens (including phenoxy) is 2. The summed E-state index contributed by atoms with van der Waals surface area (Å²) in [5, 5.41) is 11.1. The molecule has 3 aromatic heterocycles. The van der Waals surface area contributed by atoms with Crippen molar-refractivity contribution in [1.82, 2.24) is 24.6 Å². The number of fused-ring (bicyclic) bond motifs is 2. The van der Waals surface area contributed by atoms with Crippen LogP contribution in [0.4, 0.5) is 10.3 Å². The zero-order valence-corrected chi connectivity index (χ0v) is 14.6. The Morgan fingerprint density at radius 1 is 1.29 bits per heavy atom. The summed E-state index contributed by atoms with van der Waals surface area (Å²) < 4.78 is 32.3. The molecule has 0 amide bonds. The molecule has 0 aliphatic carbocycles. The lowest BCUT2D eigenvalue weighted by atomic mass is 10.0. The molecular formula is C18H15FN6O3. The highest BCUT2D eigenvalue weighted by Crippen LogP contribution is 2.30. The summed E-state index contributed by atoms with van der Waals surface area (Å²) in [5.74, 6) is 1.96. The van der Waals surface area contributed by atoms with Crippen LogP contribution in [0.3, 0.4) is 0 Å². The maximum Gasteiger partial charge on any atom is 0.210 e. The van der Waals surface area contributed by atoms with Gasteiger partial charge in [0.1, 0.15) is 24.5 Å². The van der Waals surface area contributed by atoms with Crippen LogP contribution in [-0.2, 0) is 19.6 Å². The third-order valence-corrected chi connectivity index (χ3v) is 4.52. The van der Waals surface area contributed by atoms with E-state index in [0.29, 0.717) is 41.7 Å². The van der Waals surface area contributed by atoms with Gasteiger partial charge in [0, 0.05) is 24.1 Å². The summed E-state index contributed by atoms with van der Waals surface area (Å²) in [6.45, 7) is 1.02. The van der Waals surface area contributed by atoms with Gasteiger partial charge >= 0.3 is 0 Å². The summed E-state index contributed by atoms with van der Waals surface area (Å²) in [7, 11) is 0. The van der Waals surface area contributed by atoms with Crippen LogP contribution in [0, 0.1) is 5.82 Å². The van der Waals surface area contributed by atoms with Crippen molar-refractivity contribution in [1.29, 1.82) is 0 Å². The minimum absolute atomic E-state index is 0.193. The van der Waals surface area contributed by atoms with Crippen molar-refractivity contribution in [2.45, 2.75) is 19.6 Å². The average molecular weight is 382 g/mol. The first-order valence-electron chi connectivity index (χ1n) is 8.65. The number of nitrogens with zero attached hydrogens (tertiary/aromatic N) is 5. The van der Waals surface area contributed by atoms with E-state index in [9.17, 15) is 4.39 Å². The quantitative estimate of drug-likeness (QED) is 0.543. The smallest absolute Gasteiger partial charge is 0.210 e. The molecule has 9 nitrogen and oxygen atoms in total. The Morgan fingerprint density at radius 3 is 3.14 bits per heavy atom. The Kier molecular flexibility index (Phi) is 4.00. The molecule has 1 N–H and O–H groups in total. The number of anilines is 1. The maximum absolute atomic E-state index is 14.3. The number of benzene rings is 1. The molecule has 4 aromatic rings. The van der Waals surface area contributed by atoms with Crippen molar-refractivity contribution in [3.05, 3.63) is 60.0 Å². The van der Waals surface area contributed by atoms with E-state index < -0.39 is 0 Å². The van der Waals surface area contributed by atoms with Gasteiger partial charge in [-0.25, -0.2) is 18.8 Å². The topological polar surface area (TPSA) is 99.6 Å². The molecule has 0 spiro atoms. The van der Waals surface area contributed by atoms with Gasteiger partial charge in [0.15, 0.2) is 17.9 Å². The van der Waals surface area contributed by atoms with Gasteiger partial charge in [0.25, 0.3) is 0 Å². The zero-order valence-electron chi connectivity index (χ0n) is 14.6. The van der Waals surface area contributed by atoms with Gasteiger partial charge in [-0.2, -0.15) is 0 Å². The Morgan fingerprint density at radius 2 is 2.25 bits per heavy atom. The van der Waals surface area contributed by atoms with Crippen LogP contribution in [0.15, 0.2) is 41.7 Å². The third-order valence-electron chi connectivity index (χ3n) is 4.52. The van der Waals surface area contributed by atoms with Gasteiger partial charge in [-0.15, -0.1) is 10.2 Å². The monoisotopic (exact) mass is 382 g/mol. The summed E-state index contributed by atoms with van der Waals surface area (Å²) in [6.07, 6.45) is 6.65. The van der Waals surface area contributed by atoms with Gasteiger partial charge in [-0.05, 0) is 12.1 Å². The zero-order chi connectivity index (χ0) is 18.9. The Bertz CT molecular complexity index is 1130. The first kappa shape index (κ1) is 16.5. The first-order chi connectivity index (χ1) is 13.8. The van der Waals surface area contributed by atoms with Gasteiger partial charge in [-0.1, -0.05) is 0 Å². The van der Waals surface area contributed by atoms with Crippen molar-refractivity contribution in [3.63, 3.8) is 0 Å². The molecule has 28 heavy (non-hydrogen) atoms. The molecule has 142 valence electrons. The second kappa shape index (κ2) is 6.80. The fourth-order valence-corrected chi connectivity index (χ4v) is 3.17. The summed E-state index contributed by atoms with van der Waals surface area (Å²) >= 11 is 0. The number of halogens is 1. The summed E-state index contributed by atoms with van der Waals surface area (Å²) in [4.78, 5) is 8.20. The molecule has 1 aliphatic rings. The molecule has 0 fully saturated rings. The van der Waals surface area contributed by atoms with Crippen LogP contribution in [0.25, 0.3) is 5.65 Å². The van der Waals surface area contributed by atoms with E-state index in [1.807, 2.05) is 0 Å². The molecule has 1 aliphatic heterocycles. The Labute approximate surface area is 158 Å². The van der Waals surface area contributed by atoms with Gasteiger partial charge < -0.3 is 19.2 Å². The second-order valence-corrected chi connectivity index (χ2v) is 6.18. The predicted molar refractivity (Wildman–Crippen MR) is 94.5 cm³/mol. The third kappa shape index (κ3) is 2.88. The molecule has 0 saturated heterocycles. The van der Waals surface area contributed by atoms with Gasteiger partial charge in [0.05, 0.1) is 19.0 Å². The second-order valence-electron chi connectivity index (χ2n) is 6.18. The van der Waals surface area contributed by atoms with E-state index in [2.05, 4.69) is 25.5 Å². The van der Waals surface area contributed by atoms with Crippen molar-refractivity contribution in [3.8, 4) is 11.5 Å². The highest BCUT2D eigenvalue weighted by Gasteiger charge is 2.20. The van der Waals surface area contributed by atoms with E-state index >= 15 is 0 Å². The summed E-state index contributed by atoms with van der Waals surface area (Å²) in [6, 6.07) is 3.08. The molecular weight excluding hydrogens is 367 g/mol. The maximum atomic E-state index is 14.3. The van der Waals surface area contributed by atoms with Crippen LogP contribution in [0.1, 0.15) is 16.9 Å². The van der Waals surface area contributed by atoms with Crippen molar-refractivity contribution < 1.29 is 18.3 Å². The van der Waals surface area contributed by atoms with E-state index in [1.54, 1.807) is 16.7 Å². The van der Waals surface area contributed by atoms with Crippen molar-refractivity contribution in [2.75, 3.05) is 11.9 Å². The predicted octanol–water partition coefficient (Wildman–Crippen LogP) is 2.38. The van der Waals surface area contributed by atoms with E-state index in [1.165, 1.54) is 25.0 Å². The molecule has 0 radical (unpaired) electrons. The van der Waals surface area contributed by atoms with E-state index in [4.69, 9.17) is 13.9 Å². The van der Waals surface area contributed by atoms with Crippen LogP contribution in [-0.4, -0.2) is 31.2 Å². The molecule has 10 heteroatoms. The molecule has 0 unspecified atom stereocenters. The van der Waals surface area contributed by atoms with Crippen LogP contribution < -0.4 is 14.8 Å². The fraction of sp³-hybridized carbons (Fsp3) is 0.222. The first-order valence-corrected chi connectivity index (χ1v) is 8.65. The number of rotatable bonds is 6. The lowest BCUT2D eigenvalue weighted by Crippen LogP contribution is -2.10. The Hall–Kier alpha value is -3.69. The molecule has 0 atom stereocenters. The van der Waals surface area contributed by atoms with Crippen LogP contribution in [0.2, 0.25) is 0 Å². The molecule has 0 saturated carbocycles. The van der Waals surface area contributed by atoms with Gasteiger partial charge in [-0.3, -0.25) is 0 Å². The van der Waals surface area contributed by atoms with Crippen molar-refractivity contribution in [2.24, 2.45) is 0 Å². The largest absolute Gasteiger partial charge is 0.493 e. The minimum Gasteiger partial charge on any atom is -0.493 e. The highest BCUT2D eigenvalue weighted by atomic mass is 19.1. The number of hydrogen-bond donors (Lipinski definition) is 1. The normalized spacial score (nSPS) is 12.8. The lowest BCUT2D eigenvalue weighted by Gasteiger charge is -2.12. The van der Waals surface area contributed by atoms with E-state index in [-0.39, 0.29) is 19.0 Å². The lowest BCUT2D eigenvalue weighted by molar-refractivity contribution is 0.271. The van der Waals surface area contributed by atoms with Crippen LogP contribution >= 0.6 is 0 Å². The SMILES string of the molecule is Fc1ccc2c(c1CNc1ncc(OCc3cnco3)c3nncn13)CCO2. The van der Waals surface area contributed by atoms with Gasteiger partial charge in [0.2, 0.25) is 11.6 Å². The molecule has 5 rings (SSSR count). The average Bonchev–Trinajstić information content (AvgIpc) is 3.47. The number of nitrogens with one attached hydrogen (secondary N) is 1. The minimum atomic E-state index is -0.274. The number of aromatic nitrogens is 5. The summed E-state index contributed by atoms with van der Waals surface area (Å²) in [5.41, 5.74) is 1.95. The fourth-order valence-electron chi connectivity index (χ4n) is 3.17. The molecule has 0 bridgehead atoms. The highest BCUT2D eigenvalue weighted by molar-refractivity contribution is 5.56. The number of hydrogen-bond acceptors (Lipinski definition) is 8. The van der Waals surface area contributed by atoms with E-state index in [0.717, 1.165) is 11.3 Å². The van der Waals surface area contributed by atoms with Crippen LogP contribution in [0.5, 0.6) is 11.5 Å². The molecule has 1 aromatic carbocycles. The molecule has 4 heterocycles.